The Hall–Kier alpha value is -1.85. The summed E-state index contributed by atoms with van der Waals surface area (Å²) < 4.78 is 7.39. The van der Waals surface area contributed by atoms with Gasteiger partial charge in [0.2, 0.25) is 0 Å². The molecule has 0 bridgehead atoms. The molecule has 0 spiro atoms. The molecule has 0 saturated carbocycles. The number of benzene rings is 1. The summed E-state index contributed by atoms with van der Waals surface area (Å²) in [6.07, 6.45) is 1.74. The molecule has 1 atom stereocenters. The van der Waals surface area contributed by atoms with Gasteiger partial charge in [0.25, 0.3) is 0 Å². The fourth-order valence-corrected chi connectivity index (χ4v) is 2.38. The number of hydrogen-bond acceptors (Lipinski definition) is 4. The zero-order valence-corrected chi connectivity index (χ0v) is 13.0. The number of nitrogens with zero attached hydrogens (tertiary/aromatic N) is 2. The highest BCUT2D eigenvalue weighted by molar-refractivity contribution is 5.30. The quantitative estimate of drug-likeness (QED) is 0.605. The third kappa shape index (κ3) is 3.83. The maximum absolute atomic E-state index is 5.73. The van der Waals surface area contributed by atoms with E-state index < -0.39 is 0 Å². The predicted molar refractivity (Wildman–Crippen MR) is 84.0 cm³/mol. The molecule has 3 N–H and O–H groups in total. The second kappa shape index (κ2) is 7.24. The maximum atomic E-state index is 5.73. The molecule has 2 aromatic rings. The Balaban J connectivity index is 2.13. The molecular weight excluding hydrogens is 264 g/mol. The van der Waals surface area contributed by atoms with E-state index in [-0.39, 0.29) is 6.04 Å². The Morgan fingerprint density at radius 3 is 2.52 bits per heavy atom. The maximum Gasteiger partial charge on any atom is 0.119 e. The number of nitrogens with one attached hydrogen (secondary N) is 1. The van der Waals surface area contributed by atoms with E-state index in [0.29, 0.717) is 6.61 Å². The molecule has 114 valence electrons. The first-order valence-electron chi connectivity index (χ1n) is 7.38. The van der Waals surface area contributed by atoms with Crippen molar-refractivity contribution in [1.29, 1.82) is 0 Å². The van der Waals surface area contributed by atoms with Crippen LogP contribution in [0.2, 0.25) is 0 Å². The van der Waals surface area contributed by atoms with Gasteiger partial charge in [0, 0.05) is 19.2 Å². The highest BCUT2D eigenvalue weighted by Gasteiger charge is 2.14. The Bertz CT molecular complexity index is 562. The predicted octanol–water partition coefficient (Wildman–Crippen LogP) is 2.13. The van der Waals surface area contributed by atoms with E-state index in [1.807, 2.05) is 42.9 Å². The topological polar surface area (TPSA) is 65.1 Å². The minimum Gasteiger partial charge on any atom is -0.494 e. The molecule has 1 aromatic heterocycles. The normalized spacial score (nSPS) is 12.4. The zero-order chi connectivity index (χ0) is 15.2. The number of nitrogens with two attached hydrogens (primary N) is 1. The van der Waals surface area contributed by atoms with Crippen LogP contribution in [-0.2, 0) is 19.9 Å². The highest BCUT2D eigenvalue weighted by Crippen LogP contribution is 2.21. The van der Waals surface area contributed by atoms with E-state index in [1.54, 1.807) is 0 Å². The first-order chi connectivity index (χ1) is 10.2. The van der Waals surface area contributed by atoms with Crippen LogP contribution in [0.3, 0.4) is 0 Å². The van der Waals surface area contributed by atoms with E-state index in [0.717, 1.165) is 29.8 Å². The first kappa shape index (κ1) is 15.5. The number of hydrogen-bond donors (Lipinski definition) is 2. The van der Waals surface area contributed by atoms with Crippen molar-refractivity contribution in [2.45, 2.75) is 32.7 Å². The lowest BCUT2D eigenvalue weighted by Crippen LogP contribution is -2.30. The molecule has 0 fully saturated rings. The standard InChI is InChI=1S/C16H24N4O/c1-4-13-10-14(20(3)19-13)11-16(18-17)12-6-8-15(9-7-12)21-5-2/h6-10,16,18H,4-5,11,17H2,1-3H3. The van der Waals surface area contributed by atoms with Gasteiger partial charge in [-0.2, -0.15) is 5.10 Å². The van der Waals surface area contributed by atoms with Gasteiger partial charge in [0.05, 0.1) is 18.3 Å². The molecule has 0 aliphatic rings. The minimum absolute atomic E-state index is 0.0563. The van der Waals surface area contributed by atoms with Crippen molar-refractivity contribution in [2.24, 2.45) is 12.9 Å². The molecule has 1 aromatic carbocycles. The lowest BCUT2D eigenvalue weighted by atomic mass is 10.0. The van der Waals surface area contributed by atoms with E-state index in [4.69, 9.17) is 10.6 Å². The van der Waals surface area contributed by atoms with Crippen molar-refractivity contribution in [3.63, 3.8) is 0 Å². The van der Waals surface area contributed by atoms with Crippen molar-refractivity contribution in [2.75, 3.05) is 6.61 Å². The summed E-state index contributed by atoms with van der Waals surface area (Å²) >= 11 is 0. The van der Waals surface area contributed by atoms with E-state index in [2.05, 4.69) is 23.5 Å². The number of ether oxygens (including phenoxy) is 1. The van der Waals surface area contributed by atoms with Gasteiger partial charge in [-0.3, -0.25) is 16.0 Å². The summed E-state index contributed by atoms with van der Waals surface area (Å²) in [6, 6.07) is 10.2. The van der Waals surface area contributed by atoms with Crippen LogP contribution >= 0.6 is 0 Å². The molecule has 0 aliphatic heterocycles. The Morgan fingerprint density at radius 2 is 2.00 bits per heavy atom. The molecule has 5 heteroatoms. The van der Waals surface area contributed by atoms with Crippen LogP contribution in [0.4, 0.5) is 0 Å². The van der Waals surface area contributed by atoms with Crippen LogP contribution in [0.5, 0.6) is 5.75 Å². The summed E-state index contributed by atoms with van der Waals surface area (Å²) in [7, 11) is 1.97. The van der Waals surface area contributed by atoms with E-state index in [9.17, 15) is 0 Å². The van der Waals surface area contributed by atoms with Crippen molar-refractivity contribution in [1.82, 2.24) is 15.2 Å². The SMILES string of the molecule is CCOc1ccc(C(Cc2cc(CC)nn2C)NN)cc1. The molecular formula is C16H24N4O. The monoisotopic (exact) mass is 288 g/mol. The van der Waals surface area contributed by atoms with Gasteiger partial charge in [-0.1, -0.05) is 19.1 Å². The average molecular weight is 288 g/mol. The second-order valence-electron chi connectivity index (χ2n) is 5.03. The molecule has 0 radical (unpaired) electrons. The number of aryl methyl sites for hydroxylation is 2. The van der Waals surface area contributed by atoms with Crippen LogP contribution in [-0.4, -0.2) is 16.4 Å². The molecule has 0 saturated heterocycles. The van der Waals surface area contributed by atoms with Crippen LogP contribution in [0.15, 0.2) is 30.3 Å². The van der Waals surface area contributed by atoms with E-state index in [1.165, 1.54) is 5.69 Å². The summed E-state index contributed by atoms with van der Waals surface area (Å²) in [6.45, 7) is 4.76. The third-order valence-corrected chi connectivity index (χ3v) is 3.60. The van der Waals surface area contributed by atoms with Crippen LogP contribution in [0.1, 0.15) is 36.8 Å². The largest absolute Gasteiger partial charge is 0.494 e. The summed E-state index contributed by atoms with van der Waals surface area (Å²) in [5, 5.41) is 4.48. The summed E-state index contributed by atoms with van der Waals surface area (Å²) in [5.74, 6) is 6.61. The highest BCUT2D eigenvalue weighted by atomic mass is 16.5. The summed E-state index contributed by atoms with van der Waals surface area (Å²) in [4.78, 5) is 0. The van der Waals surface area contributed by atoms with Crippen molar-refractivity contribution >= 4 is 0 Å². The zero-order valence-electron chi connectivity index (χ0n) is 13.0. The molecule has 5 nitrogen and oxygen atoms in total. The first-order valence-corrected chi connectivity index (χ1v) is 7.38. The minimum atomic E-state index is 0.0563. The van der Waals surface area contributed by atoms with Crippen molar-refractivity contribution in [3.8, 4) is 5.75 Å². The lowest BCUT2D eigenvalue weighted by molar-refractivity contribution is 0.340. The van der Waals surface area contributed by atoms with Gasteiger partial charge < -0.3 is 4.74 Å². The number of rotatable bonds is 7. The Morgan fingerprint density at radius 1 is 1.29 bits per heavy atom. The molecule has 21 heavy (non-hydrogen) atoms. The molecule has 0 aliphatic carbocycles. The number of hydrazine groups is 1. The summed E-state index contributed by atoms with van der Waals surface area (Å²) in [5.41, 5.74) is 6.31. The van der Waals surface area contributed by atoms with E-state index >= 15 is 0 Å². The second-order valence-corrected chi connectivity index (χ2v) is 5.03. The number of aromatic nitrogens is 2. The van der Waals surface area contributed by atoms with Crippen LogP contribution in [0, 0.1) is 0 Å². The van der Waals surface area contributed by atoms with Gasteiger partial charge >= 0.3 is 0 Å². The fourth-order valence-electron chi connectivity index (χ4n) is 2.38. The van der Waals surface area contributed by atoms with Crippen molar-refractivity contribution in [3.05, 3.63) is 47.3 Å². The third-order valence-electron chi connectivity index (χ3n) is 3.60. The van der Waals surface area contributed by atoms with Crippen LogP contribution in [0.25, 0.3) is 0 Å². The molecule has 1 heterocycles. The van der Waals surface area contributed by atoms with Gasteiger partial charge in [0.15, 0.2) is 0 Å². The molecule has 0 amide bonds. The lowest BCUT2D eigenvalue weighted by Gasteiger charge is -2.17. The van der Waals surface area contributed by atoms with Gasteiger partial charge in [-0.15, -0.1) is 0 Å². The van der Waals surface area contributed by atoms with Crippen molar-refractivity contribution < 1.29 is 4.74 Å². The van der Waals surface area contributed by atoms with Gasteiger partial charge in [-0.05, 0) is 37.1 Å². The van der Waals surface area contributed by atoms with Gasteiger partial charge in [0.1, 0.15) is 5.75 Å². The van der Waals surface area contributed by atoms with Gasteiger partial charge in [-0.25, -0.2) is 0 Å². The fraction of sp³-hybridized carbons (Fsp3) is 0.438. The average Bonchev–Trinajstić information content (AvgIpc) is 2.86. The molecule has 2 rings (SSSR count). The smallest absolute Gasteiger partial charge is 0.119 e. The Kier molecular flexibility index (Phi) is 5.36. The van der Waals surface area contributed by atoms with Crippen LogP contribution < -0.4 is 16.0 Å². The molecule has 1 unspecified atom stereocenters. The Labute approximate surface area is 126 Å².